The van der Waals surface area contributed by atoms with Crippen molar-refractivity contribution in [1.82, 2.24) is 0 Å². The standard InChI is InChI=1S/C31H59O3/c1-4-5-6-7-8-9-10-13-16-19-22-25-30(27-28-32)34-31(33)26-23-20-17-14-11-12-15-18-21-24-29(2)3/h29-30H,4-27H2,1-3H3. The number of esters is 1. The zero-order chi connectivity index (χ0) is 25.1. The fourth-order valence-corrected chi connectivity index (χ4v) is 4.64. The van der Waals surface area contributed by atoms with Crippen LogP contribution in [0.3, 0.4) is 0 Å². The van der Waals surface area contributed by atoms with Crippen LogP contribution in [0.15, 0.2) is 0 Å². The molecule has 0 rings (SSSR count). The zero-order valence-electron chi connectivity index (χ0n) is 23.4. The molecule has 0 heterocycles. The summed E-state index contributed by atoms with van der Waals surface area (Å²) in [5, 5.41) is 0. The SMILES string of the molecule is CCCCCCCCCCCCCC(C[C]=O)OC(=O)CCCCCCCCCCCC(C)C. The van der Waals surface area contributed by atoms with Crippen molar-refractivity contribution in [2.75, 3.05) is 0 Å². The monoisotopic (exact) mass is 479 g/mol. The summed E-state index contributed by atoms with van der Waals surface area (Å²) < 4.78 is 5.58. The van der Waals surface area contributed by atoms with Crippen LogP contribution in [0.4, 0.5) is 0 Å². The highest BCUT2D eigenvalue weighted by Crippen LogP contribution is 2.16. The highest BCUT2D eigenvalue weighted by molar-refractivity contribution is 5.69. The van der Waals surface area contributed by atoms with Gasteiger partial charge in [-0.3, -0.25) is 9.59 Å². The lowest BCUT2D eigenvalue weighted by molar-refractivity contribution is -0.149. The van der Waals surface area contributed by atoms with Gasteiger partial charge in [0.1, 0.15) is 6.10 Å². The predicted octanol–water partition coefficient (Wildman–Crippen LogP) is 10.0. The molecule has 34 heavy (non-hydrogen) atoms. The maximum absolute atomic E-state index is 12.2. The average Bonchev–Trinajstić information content (AvgIpc) is 2.80. The summed E-state index contributed by atoms with van der Waals surface area (Å²) in [7, 11) is 0. The van der Waals surface area contributed by atoms with Crippen LogP contribution in [-0.4, -0.2) is 18.4 Å². The van der Waals surface area contributed by atoms with E-state index in [-0.39, 0.29) is 18.5 Å². The average molecular weight is 480 g/mol. The number of carbonyl (C=O) groups excluding carboxylic acids is 2. The number of unbranched alkanes of at least 4 members (excludes halogenated alkanes) is 18. The Kier molecular flexibility index (Phi) is 26.1. The molecule has 0 saturated carbocycles. The Morgan fingerprint density at radius 2 is 1.03 bits per heavy atom. The lowest BCUT2D eigenvalue weighted by Crippen LogP contribution is -2.18. The van der Waals surface area contributed by atoms with Crippen LogP contribution < -0.4 is 0 Å². The van der Waals surface area contributed by atoms with Crippen LogP contribution >= 0.6 is 0 Å². The Morgan fingerprint density at radius 1 is 0.618 bits per heavy atom. The Bertz CT molecular complexity index is 432. The molecule has 0 saturated heterocycles. The van der Waals surface area contributed by atoms with Gasteiger partial charge in [-0.05, 0) is 25.2 Å². The lowest BCUT2D eigenvalue weighted by atomic mass is 10.0. The van der Waals surface area contributed by atoms with Crippen molar-refractivity contribution in [3.05, 3.63) is 0 Å². The van der Waals surface area contributed by atoms with Gasteiger partial charge in [0.2, 0.25) is 6.29 Å². The molecule has 0 N–H and O–H groups in total. The first kappa shape index (κ1) is 33.1. The molecule has 0 aromatic rings. The Hall–Kier alpha value is -0.860. The van der Waals surface area contributed by atoms with E-state index in [9.17, 15) is 9.59 Å². The summed E-state index contributed by atoms with van der Waals surface area (Å²) in [4.78, 5) is 23.0. The predicted molar refractivity (Wildman–Crippen MR) is 147 cm³/mol. The van der Waals surface area contributed by atoms with Crippen molar-refractivity contribution < 1.29 is 14.3 Å². The van der Waals surface area contributed by atoms with Crippen molar-refractivity contribution in [3.8, 4) is 0 Å². The first-order valence-electron chi connectivity index (χ1n) is 15.1. The van der Waals surface area contributed by atoms with Gasteiger partial charge in [0.25, 0.3) is 0 Å². The topological polar surface area (TPSA) is 43.4 Å². The minimum Gasteiger partial charge on any atom is -0.462 e. The highest BCUT2D eigenvalue weighted by atomic mass is 16.5. The molecule has 201 valence electrons. The maximum atomic E-state index is 12.2. The van der Waals surface area contributed by atoms with E-state index >= 15 is 0 Å². The van der Waals surface area contributed by atoms with Crippen molar-refractivity contribution in [3.63, 3.8) is 0 Å². The Morgan fingerprint density at radius 3 is 1.47 bits per heavy atom. The number of ether oxygens (including phenoxy) is 1. The minimum atomic E-state index is -0.265. The first-order valence-corrected chi connectivity index (χ1v) is 15.1. The lowest BCUT2D eigenvalue weighted by Gasteiger charge is -2.15. The molecule has 0 spiro atoms. The van der Waals surface area contributed by atoms with Crippen molar-refractivity contribution in [2.24, 2.45) is 5.92 Å². The van der Waals surface area contributed by atoms with Crippen molar-refractivity contribution in [2.45, 2.75) is 181 Å². The molecule has 0 aromatic carbocycles. The number of carbonyl (C=O) groups is 1. The molecular weight excluding hydrogens is 420 g/mol. The van der Waals surface area contributed by atoms with Gasteiger partial charge in [-0.1, -0.05) is 143 Å². The fraction of sp³-hybridized carbons (Fsp3) is 0.935. The Labute approximate surface area is 213 Å². The second kappa shape index (κ2) is 26.7. The van der Waals surface area contributed by atoms with Crippen molar-refractivity contribution >= 4 is 12.3 Å². The van der Waals surface area contributed by atoms with E-state index in [1.165, 1.54) is 116 Å². The molecule has 3 heteroatoms. The van der Waals surface area contributed by atoms with Gasteiger partial charge < -0.3 is 4.74 Å². The van der Waals surface area contributed by atoms with Crippen LogP contribution in [0, 0.1) is 5.92 Å². The summed E-state index contributed by atoms with van der Waals surface area (Å²) >= 11 is 0. The maximum Gasteiger partial charge on any atom is 0.306 e. The van der Waals surface area contributed by atoms with Gasteiger partial charge in [0.15, 0.2) is 0 Å². The normalized spacial score (nSPS) is 12.2. The van der Waals surface area contributed by atoms with Gasteiger partial charge in [-0.15, -0.1) is 0 Å². The summed E-state index contributed by atoms with van der Waals surface area (Å²) in [5.74, 6) is 0.705. The molecule has 0 amide bonds. The molecule has 0 aliphatic carbocycles. The van der Waals surface area contributed by atoms with E-state index in [1.807, 2.05) is 6.29 Å². The third-order valence-corrected chi connectivity index (χ3v) is 6.90. The quantitative estimate of drug-likeness (QED) is 0.0869. The third-order valence-electron chi connectivity index (χ3n) is 6.90. The second-order valence-electron chi connectivity index (χ2n) is 10.9. The third kappa shape index (κ3) is 25.8. The van der Waals surface area contributed by atoms with E-state index in [2.05, 4.69) is 20.8 Å². The molecule has 0 aromatic heterocycles. The Balaban J connectivity index is 3.57. The smallest absolute Gasteiger partial charge is 0.306 e. The summed E-state index contributed by atoms with van der Waals surface area (Å²) in [6.45, 7) is 6.87. The molecule has 1 radical (unpaired) electrons. The van der Waals surface area contributed by atoms with Gasteiger partial charge >= 0.3 is 5.97 Å². The summed E-state index contributed by atoms with van der Waals surface area (Å²) in [6, 6.07) is 0. The van der Waals surface area contributed by atoms with Gasteiger partial charge in [-0.25, -0.2) is 0 Å². The van der Waals surface area contributed by atoms with Gasteiger partial charge in [-0.2, -0.15) is 0 Å². The van der Waals surface area contributed by atoms with Gasteiger partial charge in [0.05, 0.1) is 6.42 Å². The van der Waals surface area contributed by atoms with Crippen molar-refractivity contribution in [1.29, 1.82) is 0 Å². The van der Waals surface area contributed by atoms with E-state index in [0.29, 0.717) is 6.42 Å². The van der Waals surface area contributed by atoms with E-state index in [0.717, 1.165) is 31.6 Å². The molecule has 1 atom stereocenters. The molecule has 0 fully saturated rings. The number of hydrogen-bond acceptors (Lipinski definition) is 3. The number of rotatable bonds is 27. The van der Waals surface area contributed by atoms with E-state index in [1.54, 1.807) is 0 Å². The second-order valence-corrected chi connectivity index (χ2v) is 10.9. The van der Waals surface area contributed by atoms with Crippen LogP contribution in [0.25, 0.3) is 0 Å². The molecule has 1 unspecified atom stereocenters. The van der Waals surface area contributed by atoms with E-state index < -0.39 is 0 Å². The molecule has 3 nitrogen and oxygen atoms in total. The molecule has 0 aliphatic heterocycles. The van der Waals surface area contributed by atoms with Crippen LogP contribution in [0.2, 0.25) is 0 Å². The molecular formula is C31H59O3. The summed E-state index contributed by atoms with van der Waals surface area (Å²) in [5.41, 5.74) is 0. The molecule has 0 bridgehead atoms. The van der Waals surface area contributed by atoms with E-state index in [4.69, 9.17) is 4.74 Å². The summed E-state index contributed by atoms with van der Waals surface area (Å²) in [6.07, 6.45) is 30.2. The van der Waals surface area contributed by atoms with Crippen LogP contribution in [-0.2, 0) is 14.3 Å². The zero-order valence-corrected chi connectivity index (χ0v) is 23.4. The van der Waals surface area contributed by atoms with Crippen LogP contribution in [0.5, 0.6) is 0 Å². The first-order chi connectivity index (χ1) is 16.6. The highest BCUT2D eigenvalue weighted by Gasteiger charge is 2.14. The molecule has 0 aliphatic rings. The fourth-order valence-electron chi connectivity index (χ4n) is 4.64. The van der Waals surface area contributed by atoms with Crippen LogP contribution in [0.1, 0.15) is 175 Å². The number of hydrogen-bond donors (Lipinski definition) is 0. The van der Waals surface area contributed by atoms with Gasteiger partial charge in [0, 0.05) is 6.42 Å². The largest absolute Gasteiger partial charge is 0.462 e. The minimum absolute atomic E-state index is 0.131.